The van der Waals surface area contributed by atoms with Crippen molar-refractivity contribution in [2.24, 2.45) is 0 Å². The molecule has 0 saturated heterocycles. The summed E-state index contributed by atoms with van der Waals surface area (Å²) in [5, 5.41) is 3.52. The molecule has 0 aliphatic rings. The molecule has 4 aromatic rings. The third-order valence-electron chi connectivity index (χ3n) is 5.61. The third-order valence-corrected chi connectivity index (χ3v) is 5.61. The van der Waals surface area contributed by atoms with Crippen LogP contribution in [-0.2, 0) is 13.1 Å². The van der Waals surface area contributed by atoms with Gasteiger partial charge in [0.1, 0.15) is 5.82 Å². The number of nitrogens with one attached hydrogen (secondary N) is 2. The number of para-hydroxylation sites is 1. The van der Waals surface area contributed by atoms with E-state index >= 15 is 0 Å². The molecular formula is C26H24FN3O2. The highest BCUT2D eigenvalue weighted by molar-refractivity contribution is 5.89. The van der Waals surface area contributed by atoms with Gasteiger partial charge in [0.15, 0.2) is 0 Å². The van der Waals surface area contributed by atoms with E-state index in [0.29, 0.717) is 5.56 Å². The minimum absolute atomic E-state index is 0.0768. The fraction of sp³-hybridized carbons (Fsp3) is 0.154. The van der Waals surface area contributed by atoms with E-state index in [1.54, 1.807) is 12.1 Å². The summed E-state index contributed by atoms with van der Waals surface area (Å²) in [7, 11) is 0. The molecule has 0 fully saturated rings. The molecule has 32 heavy (non-hydrogen) atoms. The van der Waals surface area contributed by atoms with Crippen LogP contribution < -0.4 is 10.9 Å². The number of aromatic amines is 1. The average Bonchev–Trinajstić information content (AvgIpc) is 2.79. The van der Waals surface area contributed by atoms with Crippen LogP contribution in [0.1, 0.15) is 22.3 Å². The zero-order chi connectivity index (χ0) is 22.7. The van der Waals surface area contributed by atoms with Crippen molar-refractivity contribution in [3.8, 4) is 0 Å². The number of pyridine rings is 1. The summed E-state index contributed by atoms with van der Waals surface area (Å²) in [6.45, 7) is 4.31. The Morgan fingerprint density at radius 1 is 0.969 bits per heavy atom. The number of aromatic nitrogens is 1. The van der Waals surface area contributed by atoms with E-state index in [0.717, 1.165) is 27.6 Å². The van der Waals surface area contributed by atoms with Gasteiger partial charge in [0.05, 0.1) is 17.7 Å². The van der Waals surface area contributed by atoms with Gasteiger partial charge in [-0.3, -0.25) is 4.79 Å². The fourth-order valence-corrected chi connectivity index (χ4v) is 3.65. The third kappa shape index (κ3) is 4.54. The highest BCUT2D eigenvalue weighted by Gasteiger charge is 2.18. The monoisotopic (exact) mass is 429 g/mol. The molecule has 0 aliphatic heterocycles. The van der Waals surface area contributed by atoms with Crippen LogP contribution in [0.5, 0.6) is 0 Å². The SMILES string of the molecule is Cc1ccc2cc(CN(Cc3ccccc3)C(=O)Nc3ccccc3F)c(=O)[nH]c2c1C. The Morgan fingerprint density at radius 3 is 2.44 bits per heavy atom. The Balaban J connectivity index is 1.68. The Labute approximate surface area is 185 Å². The van der Waals surface area contributed by atoms with Gasteiger partial charge >= 0.3 is 6.03 Å². The molecule has 0 bridgehead atoms. The maximum absolute atomic E-state index is 14.1. The lowest BCUT2D eigenvalue weighted by Crippen LogP contribution is -2.36. The Bertz CT molecular complexity index is 1330. The van der Waals surface area contributed by atoms with E-state index < -0.39 is 11.8 Å². The molecule has 2 amide bonds. The number of hydrogen-bond acceptors (Lipinski definition) is 2. The number of nitrogens with zero attached hydrogens (tertiary/aromatic N) is 1. The predicted molar refractivity (Wildman–Crippen MR) is 125 cm³/mol. The highest BCUT2D eigenvalue weighted by atomic mass is 19.1. The first kappa shape index (κ1) is 21.3. The van der Waals surface area contributed by atoms with Crippen molar-refractivity contribution in [3.63, 3.8) is 0 Å². The number of benzene rings is 3. The summed E-state index contributed by atoms with van der Waals surface area (Å²) in [5.74, 6) is -0.519. The lowest BCUT2D eigenvalue weighted by atomic mass is 10.0. The van der Waals surface area contributed by atoms with E-state index in [1.807, 2.05) is 62.4 Å². The van der Waals surface area contributed by atoms with Crippen LogP contribution >= 0.6 is 0 Å². The summed E-state index contributed by atoms with van der Waals surface area (Å²) in [4.78, 5) is 30.4. The lowest BCUT2D eigenvalue weighted by Gasteiger charge is -2.23. The number of halogens is 1. The second-order valence-electron chi connectivity index (χ2n) is 7.85. The maximum atomic E-state index is 14.1. The van der Waals surface area contributed by atoms with Crippen molar-refractivity contribution >= 4 is 22.6 Å². The number of rotatable bonds is 5. The summed E-state index contributed by atoms with van der Waals surface area (Å²) >= 11 is 0. The van der Waals surface area contributed by atoms with Gasteiger partial charge in [0, 0.05) is 12.1 Å². The summed E-state index contributed by atoms with van der Waals surface area (Å²) < 4.78 is 14.1. The van der Waals surface area contributed by atoms with Crippen molar-refractivity contribution in [3.05, 3.63) is 111 Å². The van der Waals surface area contributed by atoms with Gasteiger partial charge < -0.3 is 15.2 Å². The van der Waals surface area contributed by atoms with Crippen LogP contribution in [-0.4, -0.2) is 15.9 Å². The smallest absolute Gasteiger partial charge is 0.321 e. The van der Waals surface area contributed by atoms with Crippen molar-refractivity contribution in [2.45, 2.75) is 26.9 Å². The number of carbonyl (C=O) groups excluding carboxylic acids is 1. The van der Waals surface area contributed by atoms with Gasteiger partial charge in [-0.2, -0.15) is 0 Å². The first-order valence-corrected chi connectivity index (χ1v) is 10.4. The highest BCUT2D eigenvalue weighted by Crippen LogP contribution is 2.20. The minimum Gasteiger partial charge on any atom is -0.321 e. The van der Waals surface area contributed by atoms with Gasteiger partial charge in [-0.1, -0.05) is 54.6 Å². The summed E-state index contributed by atoms with van der Waals surface area (Å²) in [5.41, 5.74) is 4.11. The van der Waals surface area contributed by atoms with E-state index in [2.05, 4.69) is 10.3 Å². The number of hydrogen-bond donors (Lipinski definition) is 2. The van der Waals surface area contributed by atoms with Gasteiger partial charge in [0.2, 0.25) is 0 Å². The Morgan fingerprint density at radius 2 is 1.69 bits per heavy atom. The standard InChI is InChI=1S/C26H24FN3O2/c1-17-12-13-20-14-21(25(31)29-24(20)18(17)2)16-30(15-19-8-4-3-5-9-19)26(32)28-23-11-7-6-10-22(23)27/h3-14H,15-16H2,1-2H3,(H,28,32)(H,29,31). The second-order valence-corrected chi connectivity index (χ2v) is 7.85. The molecule has 3 aromatic carbocycles. The molecule has 162 valence electrons. The minimum atomic E-state index is -0.519. The molecule has 0 saturated carbocycles. The topological polar surface area (TPSA) is 65.2 Å². The van der Waals surface area contributed by atoms with E-state index in [1.165, 1.54) is 17.0 Å². The number of aryl methyl sites for hydroxylation is 2. The number of H-pyrrole nitrogens is 1. The van der Waals surface area contributed by atoms with E-state index in [-0.39, 0.29) is 24.3 Å². The first-order valence-electron chi connectivity index (χ1n) is 10.4. The van der Waals surface area contributed by atoms with E-state index in [9.17, 15) is 14.0 Å². The lowest BCUT2D eigenvalue weighted by molar-refractivity contribution is 0.206. The van der Waals surface area contributed by atoms with Crippen LogP contribution in [0, 0.1) is 19.7 Å². The molecule has 1 aromatic heterocycles. The van der Waals surface area contributed by atoms with Gasteiger partial charge in [-0.05, 0) is 54.1 Å². The van der Waals surface area contributed by atoms with Crippen LogP contribution in [0.4, 0.5) is 14.9 Å². The number of fused-ring (bicyclic) bond motifs is 1. The molecule has 1 heterocycles. The van der Waals surface area contributed by atoms with Crippen LogP contribution in [0.3, 0.4) is 0 Å². The number of urea groups is 1. The van der Waals surface area contributed by atoms with Crippen molar-refractivity contribution in [1.29, 1.82) is 0 Å². The zero-order valence-electron chi connectivity index (χ0n) is 18.0. The molecule has 5 nitrogen and oxygen atoms in total. The van der Waals surface area contributed by atoms with Gasteiger partial charge in [-0.25, -0.2) is 9.18 Å². The number of carbonyl (C=O) groups is 1. The zero-order valence-corrected chi connectivity index (χ0v) is 18.0. The Hall–Kier alpha value is -3.93. The van der Waals surface area contributed by atoms with Crippen molar-refractivity contribution in [2.75, 3.05) is 5.32 Å². The maximum Gasteiger partial charge on any atom is 0.322 e. The average molecular weight is 429 g/mol. The van der Waals surface area contributed by atoms with Gasteiger partial charge in [0.25, 0.3) is 5.56 Å². The predicted octanol–water partition coefficient (Wildman–Crippen LogP) is 5.52. The van der Waals surface area contributed by atoms with Crippen LogP contribution in [0.15, 0.2) is 77.6 Å². The molecule has 0 aliphatic carbocycles. The summed E-state index contributed by atoms with van der Waals surface area (Å²) in [6, 6.07) is 20.8. The van der Waals surface area contributed by atoms with E-state index in [4.69, 9.17) is 0 Å². The summed E-state index contributed by atoms with van der Waals surface area (Å²) in [6.07, 6.45) is 0. The largest absolute Gasteiger partial charge is 0.322 e. The molecule has 0 radical (unpaired) electrons. The molecule has 2 N–H and O–H groups in total. The normalized spacial score (nSPS) is 10.8. The number of anilines is 1. The van der Waals surface area contributed by atoms with Crippen molar-refractivity contribution in [1.82, 2.24) is 9.88 Å². The van der Waals surface area contributed by atoms with Gasteiger partial charge in [-0.15, -0.1) is 0 Å². The van der Waals surface area contributed by atoms with Crippen LogP contribution in [0.25, 0.3) is 10.9 Å². The van der Waals surface area contributed by atoms with Crippen LogP contribution in [0.2, 0.25) is 0 Å². The fourth-order valence-electron chi connectivity index (χ4n) is 3.65. The first-order chi connectivity index (χ1) is 15.4. The molecule has 0 spiro atoms. The molecule has 6 heteroatoms. The quantitative estimate of drug-likeness (QED) is 0.439. The molecular weight excluding hydrogens is 405 g/mol. The molecule has 0 unspecified atom stereocenters. The second kappa shape index (κ2) is 9.06. The molecule has 4 rings (SSSR count). The van der Waals surface area contributed by atoms with Crippen molar-refractivity contribution < 1.29 is 9.18 Å². The number of amides is 2. The Kier molecular flexibility index (Phi) is 6.03. The molecule has 0 atom stereocenters.